The second kappa shape index (κ2) is 8.62. The van der Waals surface area contributed by atoms with Gasteiger partial charge in [0.1, 0.15) is 5.75 Å². The largest absolute Gasteiger partial charge is 0.497 e. The van der Waals surface area contributed by atoms with E-state index in [1.807, 2.05) is 47.4 Å². The molecule has 8 heteroatoms. The number of aromatic nitrogens is 2. The number of benzene rings is 2. The summed E-state index contributed by atoms with van der Waals surface area (Å²) in [6.07, 6.45) is 2.03. The molecule has 0 aliphatic carbocycles. The Balaban J connectivity index is 1.35. The van der Waals surface area contributed by atoms with Crippen molar-refractivity contribution in [3.05, 3.63) is 54.1 Å². The zero-order valence-electron chi connectivity index (χ0n) is 15.4. The van der Waals surface area contributed by atoms with Crippen LogP contribution in [0.1, 0.15) is 12.0 Å². The number of fused-ring (bicyclic) bond motifs is 1. The van der Waals surface area contributed by atoms with Crippen LogP contribution in [0.2, 0.25) is 0 Å². The Morgan fingerprint density at radius 2 is 2.04 bits per heavy atom. The Hall–Kier alpha value is -2.58. The lowest BCUT2D eigenvalue weighted by Crippen LogP contribution is -2.36. The van der Waals surface area contributed by atoms with E-state index < -0.39 is 0 Å². The van der Waals surface area contributed by atoms with Gasteiger partial charge in [0.05, 0.1) is 12.9 Å². The third-order valence-electron chi connectivity index (χ3n) is 4.48. The first kappa shape index (κ1) is 18.8. The fourth-order valence-corrected chi connectivity index (χ4v) is 4.76. The number of carbonyl (C=O) groups is 1. The molecule has 0 radical (unpaired) electrons. The maximum absolute atomic E-state index is 12.7. The number of rotatable bonds is 6. The van der Waals surface area contributed by atoms with Crippen LogP contribution in [0.3, 0.4) is 0 Å². The van der Waals surface area contributed by atoms with Gasteiger partial charge in [0.15, 0.2) is 4.34 Å². The number of carbonyl (C=O) groups excluding carboxylic acids is 1. The smallest absolute Gasteiger partial charge is 0.237 e. The van der Waals surface area contributed by atoms with Crippen LogP contribution in [0, 0.1) is 0 Å². The second-order valence-electron chi connectivity index (χ2n) is 6.29. The predicted molar refractivity (Wildman–Crippen MR) is 114 cm³/mol. The molecule has 6 nitrogen and oxygen atoms in total. The van der Waals surface area contributed by atoms with Crippen molar-refractivity contribution in [2.24, 2.45) is 0 Å². The average molecular weight is 413 g/mol. The molecule has 0 saturated heterocycles. The summed E-state index contributed by atoms with van der Waals surface area (Å²) in [5, 5.41) is 12.3. The summed E-state index contributed by atoms with van der Waals surface area (Å²) in [6.45, 7) is 0.775. The van der Waals surface area contributed by atoms with Crippen molar-refractivity contribution in [2.45, 2.75) is 17.2 Å². The van der Waals surface area contributed by atoms with E-state index in [0.717, 1.165) is 40.9 Å². The maximum atomic E-state index is 12.7. The lowest BCUT2D eigenvalue weighted by Gasteiger charge is -2.29. The zero-order chi connectivity index (χ0) is 19.3. The van der Waals surface area contributed by atoms with E-state index >= 15 is 0 Å². The lowest BCUT2D eigenvalue weighted by molar-refractivity contribution is -0.116. The summed E-state index contributed by atoms with van der Waals surface area (Å²) in [7, 11) is 1.64. The third-order valence-corrected chi connectivity index (χ3v) is 6.43. The van der Waals surface area contributed by atoms with Crippen molar-refractivity contribution in [3.8, 4) is 5.75 Å². The number of aryl methyl sites for hydroxylation is 1. The zero-order valence-corrected chi connectivity index (χ0v) is 17.1. The second-order valence-corrected chi connectivity index (χ2v) is 8.49. The van der Waals surface area contributed by atoms with E-state index in [-0.39, 0.29) is 5.91 Å². The molecule has 1 aliphatic rings. The lowest BCUT2D eigenvalue weighted by atomic mass is 10.0. The molecule has 144 valence electrons. The molecule has 0 fully saturated rings. The summed E-state index contributed by atoms with van der Waals surface area (Å²) < 4.78 is 5.93. The van der Waals surface area contributed by atoms with Gasteiger partial charge in [-0.2, -0.15) is 0 Å². The van der Waals surface area contributed by atoms with Crippen LogP contribution in [0.25, 0.3) is 0 Å². The number of amides is 1. The minimum absolute atomic E-state index is 0.108. The van der Waals surface area contributed by atoms with E-state index in [4.69, 9.17) is 4.74 Å². The summed E-state index contributed by atoms with van der Waals surface area (Å²) in [6, 6.07) is 15.7. The molecule has 4 rings (SSSR count). The Morgan fingerprint density at radius 1 is 1.21 bits per heavy atom. The molecule has 2 aromatic carbocycles. The first-order valence-electron chi connectivity index (χ1n) is 8.98. The average Bonchev–Trinajstić information content (AvgIpc) is 3.19. The number of methoxy groups -OCH3 is 1. The molecule has 0 spiro atoms. The Kier molecular flexibility index (Phi) is 5.78. The van der Waals surface area contributed by atoms with Crippen LogP contribution in [0.5, 0.6) is 5.75 Å². The highest BCUT2D eigenvalue weighted by Crippen LogP contribution is 2.31. The fraction of sp³-hybridized carbons (Fsp3) is 0.250. The van der Waals surface area contributed by atoms with E-state index in [1.165, 1.54) is 28.7 Å². The van der Waals surface area contributed by atoms with Gasteiger partial charge < -0.3 is 15.0 Å². The minimum atomic E-state index is 0.108. The SMILES string of the molecule is COc1ccc(Nc2nnc(SCC(=O)N3CCCc4ccccc43)s2)cc1. The maximum Gasteiger partial charge on any atom is 0.237 e. The molecule has 0 bridgehead atoms. The highest BCUT2D eigenvalue weighted by atomic mass is 32.2. The van der Waals surface area contributed by atoms with Crippen LogP contribution in [-0.4, -0.2) is 35.5 Å². The van der Waals surface area contributed by atoms with Gasteiger partial charge in [-0.15, -0.1) is 10.2 Å². The molecule has 0 atom stereocenters. The van der Waals surface area contributed by atoms with Crippen molar-refractivity contribution >= 4 is 45.5 Å². The molecule has 0 unspecified atom stereocenters. The number of nitrogens with one attached hydrogen (secondary N) is 1. The van der Waals surface area contributed by atoms with Gasteiger partial charge in [0, 0.05) is 17.9 Å². The summed E-state index contributed by atoms with van der Waals surface area (Å²) >= 11 is 2.87. The highest BCUT2D eigenvalue weighted by molar-refractivity contribution is 8.01. The molecule has 1 amide bonds. The predicted octanol–water partition coefficient (Wildman–Crippen LogP) is 4.36. The summed E-state index contributed by atoms with van der Waals surface area (Å²) in [4.78, 5) is 14.6. The summed E-state index contributed by atoms with van der Waals surface area (Å²) in [5.74, 6) is 1.26. The quantitative estimate of drug-likeness (QED) is 0.607. The molecule has 2 heterocycles. The molecule has 1 aromatic heterocycles. The van der Waals surface area contributed by atoms with Gasteiger partial charge in [-0.25, -0.2) is 0 Å². The minimum Gasteiger partial charge on any atom is -0.497 e. The number of ether oxygens (including phenoxy) is 1. The molecule has 28 heavy (non-hydrogen) atoms. The van der Waals surface area contributed by atoms with Crippen molar-refractivity contribution in [1.82, 2.24) is 10.2 Å². The Morgan fingerprint density at radius 3 is 2.86 bits per heavy atom. The monoisotopic (exact) mass is 412 g/mol. The van der Waals surface area contributed by atoms with Gasteiger partial charge in [-0.05, 0) is 48.7 Å². The first-order valence-corrected chi connectivity index (χ1v) is 10.8. The normalized spacial score (nSPS) is 13.1. The number of thioether (sulfide) groups is 1. The highest BCUT2D eigenvalue weighted by Gasteiger charge is 2.22. The van der Waals surface area contributed by atoms with Gasteiger partial charge in [0.25, 0.3) is 0 Å². The van der Waals surface area contributed by atoms with E-state index in [0.29, 0.717) is 10.9 Å². The fourth-order valence-electron chi connectivity index (χ4n) is 3.11. The number of nitrogens with zero attached hydrogens (tertiary/aromatic N) is 3. The van der Waals surface area contributed by atoms with Crippen LogP contribution in [0.4, 0.5) is 16.5 Å². The van der Waals surface area contributed by atoms with E-state index in [9.17, 15) is 4.79 Å². The first-order chi connectivity index (χ1) is 13.7. The number of hydrogen-bond donors (Lipinski definition) is 1. The van der Waals surface area contributed by atoms with Gasteiger partial charge >= 0.3 is 0 Å². The van der Waals surface area contributed by atoms with Gasteiger partial charge in [0.2, 0.25) is 11.0 Å². The van der Waals surface area contributed by atoms with Crippen LogP contribution in [0.15, 0.2) is 52.9 Å². The van der Waals surface area contributed by atoms with Crippen molar-refractivity contribution < 1.29 is 9.53 Å². The topological polar surface area (TPSA) is 67.3 Å². The molecule has 0 saturated carbocycles. The standard InChI is InChI=1S/C20H20N4O2S2/c1-26-16-10-8-15(9-11-16)21-19-22-23-20(28-19)27-13-18(25)24-12-4-6-14-5-2-3-7-17(14)24/h2-3,5,7-11H,4,6,12-13H2,1H3,(H,21,22). The molecule has 1 aliphatic heterocycles. The molecular formula is C20H20N4O2S2. The van der Waals surface area contributed by atoms with E-state index in [1.54, 1.807) is 7.11 Å². The van der Waals surface area contributed by atoms with Gasteiger partial charge in [-0.3, -0.25) is 4.79 Å². The third kappa shape index (κ3) is 4.28. The number of anilines is 3. The van der Waals surface area contributed by atoms with Crippen molar-refractivity contribution in [2.75, 3.05) is 29.6 Å². The number of hydrogen-bond acceptors (Lipinski definition) is 7. The van der Waals surface area contributed by atoms with Crippen molar-refractivity contribution in [1.29, 1.82) is 0 Å². The summed E-state index contributed by atoms with van der Waals surface area (Å²) in [5.41, 5.74) is 3.20. The Labute approximate surface area is 171 Å². The molecular weight excluding hydrogens is 392 g/mol. The number of para-hydroxylation sites is 1. The molecule has 1 N–H and O–H groups in total. The van der Waals surface area contributed by atoms with E-state index in [2.05, 4.69) is 21.6 Å². The Bertz CT molecular complexity index is 959. The van der Waals surface area contributed by atoms with Crippen LogP contribution in [-0.2, 0) is 11.2 Å². The molecule has 3 aromatic rings. The van der Waals surface area contributed by atoms with Crippen molar-refractivity contribution in [3.63, 3.8) is 0 Å². The van der Waals surface area contributed by atoms with Gasteiger partial charge in [-0.1, -0.05) is 41.3 Å². The van der Waals surface area contributed by atoms with Crippen LogP contribution >= 0.6 is 23.1 Å². The van der Waals surface area contributed by atoms with Crippen LogP contribution < -0.4 is 15.0 Å².